The van der Waals surface area contributed by atoms with Crippen molar-refractivity contribution >= 4 is 0 Å². The van der Waals surface area contributed by atoms with Gasteiger partial charge in [0.15, 0.2) is 18.2 Å². The van der Waals surface area contributed by atoms with E-state index in [1.165, 1.54) is 0 Å². The molecule has 8 atom stereocenters. The summed E-state index contributed by atoms with van der Waals surface area (Å²) in [6, 6.07) is 0. The monoisotopic (exact) mass is 973 g/mol. The van der Waals surface area contributed by atoms with Gasteiger partial charge in [0, 0.05) is 39.6 Å². The molecule has 4 aliphatic heterocycles. The van der Waals surface area contributed by atoms with E-state index in [0.29, 0.717) is 164 Å². The van der Waals surface area contributed by atoms with Crippen molar-refractivity contribution in [3.63, 3.8) is 0 Å². The van der Waals surface area contributed by atoms with E-state index in [4.69, 9.17) is 95.0 Å². The highest BCUT2D eigenvalue weighted by Gasteiger charge is 2.69. The highest BCUT2D eigenvalue weighted by molar-refractivity contribution is 5.09. The maximum Gasteiger partial charge on any atom is 0.201 e. The molecule has 1 saturated carbocycles. The summed E-state index contributed by atoms with van der Waals surface area (Å²) in [6.45, 7) is 18.4. The van der Waals surface area contributed by atoms with Crippen molar-refractivity contribution in [1.29, 1.82) is 0 Å². The zero-order valence-electron chi connectivity index (χ0n) is 41.8. The Labute approximate surface area is 400 Å². The minimum Gasteiger partial charge on any atom is -0.382 e. The third-order valence-corrected chi connectivity index (χ3v) is 12.5. The van der Waals surface area contributed by atoms with Crippen LogP contribution in [0.25, 0.3) is 0 Å². The molecule has 5 rings (SSSR count). The summed E-state index contributed by atoms with van der Waals surface area (Å²) < 4.78 is 105. The van der Waals surface area contributed by atoms with Crippen LogP contribution in [0.5, 0.6) is 0 Å². The van der Waals surface area contributed by atoms with Crippen molar-refractivity contribution in [3.8, 4) is 0 Å². The van der Waals surface area contributed by atoms with Crippen molar-refractivity contribution in [3.05, 3.63) is 0 Å². The largest absolute Gasteiger partial charge is 0.382 e. The average Bonchev–Trinajstić information content (AvgIpc) is 3.56. The Hall–Kier alpha value is -0.800. The highest BCUT2D eigenvalue weighted by Crippen LogP contribution is 2.60. The van der Waals surface area contributed by atoms with E-state index in [1.807, 2.05) is 6.92 Å². The Balaban J connectivity index is 1.34. The van der Waals surface area contributed by atoms with Crippen molar-refractivity contribution in [2.24, 2.45) is 29.1 Å². The molecular weight excluding hydrogens is 884 g/mol. The van der Waals surface area contributed by atoms with Crippen LogP contribution >= 0.6 is 0 Å². The van der Waals surface area contributed by atoms with Gasteiger partial charge in [-0.1, -0.05) is 13.8 Å². The molecule has 67 heavy (non-hydrogen) atoms. The van der Waals surface area contributed by atoms with Gasteiger partial charge < -0.3 is 85.3 Å². The fourth-order valence-electron chi connectivity index (χ4n) is 8.84. The van der Waals surface area contributed by atoms with E-state index in [0.717, 1.165) is 25.7 Å². The third-order valence-electron chi connectivity index (χ3n) is 12.5. The minimum absolute atomic E-state index is 0.0195. The normalized spacial score (nSPS) is 27.1. The Morgan fingerprint density at radius 2 is 0.806 bits per heavy atom. The predicted octanol–water partition coefficient (Wildman–Crippen LogP) is 3.34. The van der Waals surface area contributed by atoms with Crippen LogP contribution in [-0.4, -0.2) is 230 Å². The molecule has 20 heteroatoms. The molecule has 5 fully saturated rings. The lowest BCUT2D eigenvalue weighted by molar-refractivity contribution is -0.577. The molecule has 1 aliphatic carbocycles. The first-order valence-electron chi connectivity index (χ1n) is 24.5. The summed E-state index contributed by atoms with van der Waals surface area (Å²) in [5.74, 6) is -0.112. The molecular formula is C47H88O20. The summed E-state index contributed by atoms with van der Waals surface area (Å²) in [7, 11) is 4.94. The molecule has 0 aromatic carbocycles. The average molecular weight is 973 g/mol. The Morgan fingerprint density at radius 1 is 0.433 bits per heavy atom. The second-order valence-corrected chi connectivity index (χ2v) is 17.7. The topological polar surface area (TPSA) is 185 Å². The second kappa shape index (κ2) is 35.3. The van der Waals surface area contributed by atoms with Crippen molar-refractivity contribution in [2.45, 2.75) is 70.4 Å². The SMILES string of the molecule is COCCOCCOCCOCCOCC(COCCOCCOCCOCCOC)(COCCOCCOCCOCCOC)COC1O[C@H]2O[C@@]3(C)CC[C@H]4[C@H](C)CC[C@@H]([C@H]1C)[C@@]24OO3. The van der Waals surface area contributed by atoms with Gasteiger partial charge in [0.05, 0.1) is 190 Å². The molecule has 4 heterocycles. The molecule has 5 aliphatic rings. The lowest BCUT2D eigenvalue weighted by Crippen LogP contribution is -2.70. The zero-order valence-corrected chi connectivity index (χ0v) is 41.8. The van der Waals surface area contributed by atoms with Crippen LogP contribution in [-0.2, 0) is 95.0 Å². The Morgan fingerprint density at radius 3 is 1.19 bits per heavy atom. The summed E-state index contributed by atoms with van der Waals surface area (Å²) in [6.07, 6.45) is 2.50. The molecule has 396 valence electrons. The highest BCUT2D eigenvalue weighted by atomic mass is 17.3. The van der Waals surface area contributed by atoms with Crippen LogP contribution in [0.4, 0.5) is 0 Å². The first-order chi connectivity index (χ1) is 32.8. The summed E-state index contributed by atoms with van der Waals surface area (Å²) in [5.41, 5.74) is -1.45. The third kappa shape index (κ3) is 21.4. The van der Waals surface area contributed by atoms with Crippen molar-refractivity contribution < 1.29 is 95.0 Å². The maximum atomic E-state index is 6.86. The molecule has 0 N–H and O–H groups in total. The van der Waals surface area contributed by atoms with E-state index in [-0.39, 0.29) is 44.2 Å². The van der Waals surface area contributed by atoms with Gasteiger partial charge in [-0.25, -0.2) is 9.78 Å². The smallest absolute Gasteiger partial charge is 0.201 e. The fourth-order valence-corrected chi connectivity index (χ4v) is 8.84. The molecule has 0 aromatic heterocycles. The summed E-state index contributed by atoms with van der Waals surface area (Å²) >= 11 is 0. The van der Waals surface area contributed by atoms with E-state index >= 15 is 0 Å². The number of fused-ring (bicyclic) bond motifs is 2. The molecule has 1 unspecified atom stereocenters. The Bertz CT molecular complexity index is 1120. The van der Waals surface area contributed by atoms with Gasteiger partial charge in [-0.15, -0.1) is 0 Å². The molecule has 0 aromatic rings. The van der Waals surface area contributed by atoms with Crippen molar-refractivity contribution in [1.82, 2.24) is 0 Å². The molecule has 0 amide bonds. The van der Waals surface area contributed by atoms with Crippen LogP contribution in [0.2, 0.25) is 0 Å². The van der Waals surface area contributed by atoms with Gasteiger partial charge in [0.2, 0.25) is 5.79 Å². The summed E-state index contributed by atoms with van der Waals surface area (Å²) in [5, 5.41) is 0. The molecule has 20 nitrogen and oxygen atoms in total. The van der Waals surface area contributed by atoms with Crippen LogP contribution in [0, 0.1) is 29.1 Å². The quantitative estimate of drug-likeness (QED) is 0.0639. The van der Waals surface area contributed by atoms with Crippen LogP contribution in [0.1, 0.15) is 46.5 Å². The zero-order chi connectivity index (χ0) is 47.7. The number of methoxy groups -OCH3 is 3. The number of hydrogen-bond donors (Lipinski definition) is 0. The second-order valence-electron chi connectivity index (χ2n) is 17.7. The fraction of sp³-hybridized carbons (Fsp3) is 1.00. The van der Waals surface area contributed by atoms with Crippen molar-refractivity contribution in [2.75, 3.05) is 206 Å². The molecule has 4 saturated heterocycles. The predicted molar refractivity (Wildman–Crippen MR) is 241 cm³/mol. The van der Waals surface area contributed by atoms with Gasteiger partial charge in [0.1, 0.15) is 0 Å². The number of ether oxygens (including phenoxy) is 18. The lowest BCUT2D eigenvalue weighted by atomic mass is 9.58. The molecule has 1 spiro atoms. The van der Waals surface area contributed by atoms with E-state index in [2.05, 4.69) is 13.8 Å². The molecule has 2 bridgehead atoms. The van der Waals surface area contributed by atoms with Gasteiger partial charge in [0.25, 0.3) is 0 Å². The molecule has 0 radical (unpaired) electrons. The van der Waals surface area contributed by atoms with Gasteiger partial charge in [-0.2, -0.15) is 0 Å². The Kier molecular flexibility index (Phi) is 31.0. The van der Waals surface area contributed by atoms with Crippen LogP contribution < -0.4 is 0 Å². The summed E-state index contributed by atoms with van der Waals surface area (Å²) in [4.78, 5) is 12.4. The van der Waals surface area contributed by atoms with E-state index in [1.54, 1.807) is 21.3 Å². The first kappa shape index (κ1) is 58.8. The number of hydrogen-bond acceptors (Lipinski definition) is 20. The minimum atomic E-state index is -0.895. The van der Waals surface area contributed by atoms with Gasteiger partial charge in [-0.3, -0.25) is 0 Å². The van der Waals surface area contributed by atoms with Crippen LogP contribution in [0.15, 0.2) is 0 Å². The van der Waals surface area contributed by atoms with Crippen LogP contribution in [0.3, 0.4) is 0 Å². The van der Waals surface area contributed by atoms with E-state index < -0.39 is 29.4 Å². The maximum absolute atomic E-state index is 6.86. The number of rotatable bonds is 45. The van der Waals surface area contributed by atoms with E-state index in [9.17, 15) is 0 Å². The standard InChI is InChI=1S/C47H88O20/c1-39-7-8-42-40(2)43(64-44-47(42)41(39)9-10-45(3,65-44)66-67-47)63-38-46(35-60-32-29-57-26-23-54-20-17-51-14-11-48-4,36-61-33-30-58-27-24-55-21-18-52-15-12-49-5)37-62-34-31-59-28-25-56-22-19-53-16-13-50-6/h39-44H,7-38H2,1-6H3/t39-,40-,41+,42+,43?,44+,45-,47-/m1/s1. The van der Waals surface area contributed by atoms with Gasteiger partial charge >= 0.3 is 0 Å². The first-order valence-corrected chi connectivity index (χ1v) is 24.5. The van der Waals surface area contributed by atoms with Gasteiger partial charge in [-0.05, 0) is 38.0 Å². The lowest BCUT2D eigenvalue weighted by Gasteiger charge is -2.60.